The van der Waals surface area contributed by atoms with Gasteiger partial charge in [-0.3, -0.25) is 9.69 Å². The first kappa shape index (κ1) is 26.1. The number of halogens is 1. The second-order valence-electron chi connectivity index (χ2n) is 10.5. The van der Waals surface area contributed by atoms with Crippen LogP contribution >= 0.6 is 0 Å². The number of pyridine rings is 1. The van der Waals surface area contributed by atoms with Crippen molar-refractivity contribution in [2.75, 3.05) is 31.6 Å². The molecule has 8 heteroatoms. The quantitative estimate of drug-likeness (QED) is 0.420. The highest BCUT2D eigenvalue weighted by Crippen LogP contribution is 2.36. The number of benzene rings is 1. The molecule has 2 N–H and O–H groups in total. The largest absolute Gasteiger partial charge is 0.480 e. The van der Waals surface area contributed by atoms with Crippen molar-refractivity contribution >= 4 is 11.8 Å². The Morgan fingerprint density at radius 3 is 3.00 bits per heavy atom. The van der Waals surface area contributed by atoms with Gasteiger partial charge in [0.15, 0.2) is 0 Å². The molecule has 7 nitrogen and oxygen atoms in total. The molecule has 1 aromatic heterocycles. The number of rotatable bonds is 10. The molecule has 0 bridgehead atoms. The standard InChI is InChI=1S/C29H38FN3O4/c30-21-10-12-24(26-8-2-4-17-37-26)25(18-21)27(29(34)35)33-15-13-23(19-33)36-16-3-1-7-22-11-9-20-6-5-14-31-28(20)32-22/h5-6,10,12,14,18,22-23,26-27H,1-4,7-9,11,13,15-17,19H2,(H,31,32)(H,34,35)/t22?,23-,26+,27+/m1/s1. The van der Waals surface area contributed by atoms with E-state index < -0.39 is 17.8 Å². The van der Waals surface area contributed by atoms with Crippen LogP contribution in [0.3, 0.4) is 0 Å². The maximum Gasteiger partial charge on any atom is 0.325 e. The van der Waals surface area contributed by atoms with E-state index in [1.54, 1.807) is 6.07 Å². The van der Waals surface area contributed by atoms with Gasteiger partial charge >= 0.3 is 5.97 Å². The highest BCUT2D eigenvalue weighted by atomic mass is 19.1. The lowest BCUT2D eigenvalue weighted by Gasteiger charge is -2.30. The van der Waals surface area contributed by atoms with Gasteiger partial charge in [-0.25, -0.2) is 9.37 Å². The topological polar surface area (TPSA) is 83.9 Å². The molecule has 4 atom stereocenters. The van der Waals surface area contributed by atoms with Gasteiger partial charge in [-0.2, -0.15) is 0 Å². The van der Waals surface area contributed by atoms with Crippen LogP contribution in [0.5, 0.6) is 0 Å². The highest BCUT2D eigenvalue weighted by molar-refractivity contribution is 5.76. The van der Waals surface area contributed by atoms with Crippen LogP contribution < -0.4 is 5.32 Å². The van der Waals surface area contributed by atoms with Crippen molar-refractivity contribution < 1.29 is 23.8 Å². The number of aromatic nitrogens is 1. The van der Waals surface area contributed by atoms with Crippen LogP contribution in [0.1, 0.15) is 80.2 Å². The Morgan fingerprint density at radius 2 is 2.16 bits per heavy atom. The number of aliphatic carboxylic acids is 1. The van der Waals surface area contributed by atoms with Gasteiger partial charge in [-0.05, 0) is 92.7 Å². The van der Waals surface area contributed by atoms with Crippen LogP contribution in [-0.4, -0.2) is 59.4 Å². The lowest BCUT2D eigenvalue weighted by Crippen LogP contribution is -2.34. The van der Waals surface area contributed by atoms with E-state index >= 15 is 0 Å². The van der Waals surface area contributed by atoms with Crippen molar-refractivity contribution in [1.29, 1.82) is 0 Å². The normalized spacial score (nSPS) is 24.8. The fraction of sp³-hybridized carbons (Fsp3) is 0.586. The van der Waals surface area contributed by atoms with E-state index in [2.05, 4.69) is 16.4 Å². The fourth-order valence-electron chi connectivity index (χ4n) is 6.00. The molecule has 2 aromatic rings. The van der Waals surface area contributed by atoms with E-state index in [1.807, 2.05) is 17.2 Å². The van der Waals surface area contributed by atoms with Crippen LogP contribution in [0, 0.1) is 5.82 Å². The summed E-state index contributed by atoms with van der Waals surface area (Å²) in [7, 11) is 0. The number of nitrogens with zero attached hydrogens (tertiary/aromatic N) is 2. The lowest BCUT2D eigenvalue weighted by atomic mass is 9.92. The molecule has 4 heterocycles. The number of carboxylic acids is 1. The number of anilines is 1. The fourth-order valence-corrected chi connectivity index (χ4v) is 6.00. The van der Waals surface area contributed by atoms with E-state index in [0.29, 0.717) is 37.9 Å². The Labute approximate surface area is 218 Å². The molecule has 1 unspecified atom stereocenters. The third-order valence-electron chi connectivity index (χ3n) is 7.94. The number of ether oxygens (including phenoxy) is 2. The first-order valence-corrected chi connectivity index (χ1v) is 13.8. The molecule has 200 valence electrons. The van der Waals surface area contributed by atoms with Gasteiger partial charge in [0, 0.05) is 38.5 Å². The van der Waals surface area contributed by atoms with E-state index in [-0.39, 0.29) is 12.2 Å². The Balaban J connectivity index is 1.11. The minimum atomic E-state index is -0.959. The first-order valence-electron chi connectivity index (χ1n) is 13.8. The molecule has 3 aliphatic rings. The number of carbonyl (C=O) groups is 1. The van der Waals surface area contributed by atoms with Crippen molar-refractivity contribution in [2.24, 2.45) is 0 Å². The van der Waals surface area contributed by atoms with Crippen LogP contribution in [0.2, 0.25) is 0 Å². The van der Waals surface area contributed by atoms with Gasteiger partial charge in [-0.1, -0.05) is 12.1 Å². The summed E-state index contributed by atoms with van der Waals surface area (Å²) in [5.41, 5.74) is 2.60. The maximum absolute atomic E-state index is 14.3. The summed E-state index contributed by atoms with van der Waals surface area (Å²) in [4.78, 5) is 18.8. The molecule has 0 radical (unpaired) electrons. The van der Waals surface area contributed by atoms with Gasteiger partial charge in [0.05, 0.1) is 12.2 Å². The molecule has 0 saturated carbocycles. The second kappa shape index (κ2) is 12.3. The molecule has 0 spiro atoms. The van der Waals surface area contributed by atoms with Gasteiger partial charge < -0.3 is 19.9 Å². The molecule has 0 aliphatic carbocycles. The van der Waals surface area contributed by atoms with Crippen LogP contribution in [0.15, 0.2) is 36.5 Å². The molecular weight excluding hydrogens is 473 g/mol. The number of likely N-dealkylation sites (tertiary alicyclic amines) is 1. The second-order valence-corrected chi connectivity index (χ2v) is 10.5. The summed E-state index contributed by atoms with van der Waals surface area (Å²) >= 11 is 0. The van der Waals surface area contributed by atoms with E-state index in [9.17, 15) is 14.3 Å². The van der Waals surface area contributed by atoms with Crippen molar-refractivity contribution in [2.45, 2.75) is 82.1 Å². The van der Waals surface area contributed by atoms with Gasteiger partial charge in [0.2, 0.25) is 0 Å². The third kappa shape index (κ3) is 6.48. The number of unbranched alkanes of at least 4 members (excludes halogenated alkanes) is 1. The summed E-state index contributed by atoms with van der Waals surface area (Å²) in [6, 6.07) is 8.17. The zero-order valence-corrected chi connectivity index (χ0v) is 21.4. The Bertz CT molecular complexity index is 1060. The number of hydrogen-bond donors (Lipinski definition) is 2. The summed E-state index contributed by atoms with van der Waals surface area (Å²) in [6.45, 7) is 2.46. The van der Waals surface area contributed by atoms with Crippen molar-refractivity contribution in [3.8, 4) is 0 Å². The minimum Gasteiger partial charge on any atom is -0.480 e. The average molecular weight is 512 g/mol. The maximum atomic E-state index is 14.3. The average Bonchev–Trinajstić information content (AvgIpc) is 3.37. The summed E-state index contributed by atoms with van der Waals surface area (Å²) in [5, 5.41) is 13.7. The summed E-state index contributed by atoms with van der Waals surface area (Å²) < 4.78 is 26.3. The molecule has 2 fully saturated rings. The first-order chi connectivity index (χ1) is 18.1. The highest BCUT2D eigenvalue weighted by Gasteiger charge is 2.36. The molecule has 0 amide bonds. The van der Waals surface area contributed by atoms with Gasteiger partial charge in [-0.15, -0.1) is 0 Å². The zero-order chi connectivity index (χ0) is 25.6. The molecule has 5 rings (SSSR count). The Morgan fingerprint density at radius 1 is 1.24 bits per heavy atom. The van der Waals surface area contributed by atoms with Crippen molar-refractivity contribution in [1.82, 2.24) is 9.88 Å². The van der Waals surface area contributed by atoms with Gasteiger partial charge in [0.25, 0.3) is 0 Å². The van der Waals surface area contributed by atoms with Crippen LogP contribution in [0.25, 0.3) is 0 Å². The van der Waals surface area contributed by atoms with E-state index in [0.717, 1.165) is 69.2 Å². The SMILES string of the molecule is O=C(O)[C@H](c1cc(F)ccc1[C@@H]1CCCCO1)N1CC[C@@H](OCCCCC2CCc3cccnc3N2)C1. The number of hydrogen-bond acceptors (Lipinski definition) is 6. The van der Waals surface area contributed by atoms with Crippen molar-refractivity contribution in [3.05, 3.63) is 59.0 Å². The molecule has 1 aromatic carbocycles. The zero-order valence-electron chi connectivity index (χ0n) is 21.4. The smallest absolute Gasteiger partial charge is 0.325 e. The van der Waals surface area contributed by atoms with Crippen LogP contribution in [0.4, 0.5) is 10.2 Å². The number of carboxylic acid groups (broad SMARTS) is 1. The molecular formula is C29H38FN3O4. The van der Waals surface area contributed by atoms with Gasteiger partial charge in [0.1, 0.15) is 17.7 Å². The number of nitrogens with one attached hydrogen (secondary N) is 1. The summed E-state index contributed by atoms with van der Waals surface area (Å²) in [6.07, 6.45) is 10.6. The number of fused-ring (bicyclic) bond motifs is 1. The predicted octanol–water partition coefficient (Wildman–Crippen LogP) is 5.28. The Kier molecular flexibility index (Phi) is 8.69. The monoisotopic (exact) mass is 511 g/mol. The number of aryl methyl sites for hydroxylation is 1. The lowest BCUT2D eigenvalue weighted by molar-refractivity contribution is -0.143. The molecule has 37 heavy (non-hydrogen) atoms. The molecule has 3 aliphatic heterocycles. The predicted molar refractivity (Wildman–Crippen MR) is 139 cm³/mol. The van der Waals surface area contributed by atoms with E-state index in [4.69, 9.17) is 9.47 Å². The third-order valence-corrected chi connectivity index (χ3v) is 7.94. The minimum absolute atomic E-state index is 0.00586. The van der Waals surface area contributed by atoms with Crippen LogP contribution in [-0.2, 0) is 20.7 Å². The van der Waals surface area contributed by atoms with E-state index in [1.165, 1.54) is 17.7 Å². The van der Waals surface area contributed by atoms with Crippen molar-refractivity contribution in [3.63, 3.8) is 0 Å². The Hall–Kier alpha value is -2.55. The summed E-state index contributed by atoms with van der Waals surface area (Å²) in [5.74, 6) is -0.357. The molecule has 2 saturated heterocycles.